The van der Waals surface area contributed by atoms with Crippen molar-refractivity contribution >= 4 is 23.0 Å². The summed E-state index contributed by atoms with van der Waals surface area (Å²) in [4.78, 5) is 18.0. The van der Waals surface area contributed by atoms with Crippen LogP contribution in [0.25, 0.3) is 0 Å². The molecule has 0 aliphatic heterocycles. The molecule has 2 rings (SSSR count). The van der Waals surface area contributed by atoms with Crippen LogP contribution in [0.15, 0.2) is 35.8 Å². The average Bonchev–Trinajstić information content (AvgIpc) is 2.91. The van der Waals surface area contributed by atoms with Crippen LogP contribution in [-0.2, 0) is 0 Å². The van der Waals surface area contributed by atoms with Gasteiger partial charge in [0.2, 0.25) is 0 Å². The van der Waals surface area contributed by atoms with Gasteiger partial charge in [0.25, 0.3) is 0 Å². The van der Waals surface area contributed by atoms with Gasteiger partial charge >= 0.3 is 5.97 Å². The standard InChI is InChI=1S/C13H14N2O2S/c1-9(12-4-3-7-18-12)15(2)10-5-6-14-11(8-10)13(16)17/h3-9H,1-2H3,(H,16,17). The number of anilines is 1. The molecule has 1 atom stereocenters. The van der Waals surface area contributed by atoms with Crippen molar-refractivity contribution in [1.82, 2.24) is 4.98 Å². The monoisotopic (exact) mass is 262 g/mol. The molecule has 4 nitrogen and oxygen atoms in total. The van der Waals surface area contributed by atoms with Crippen molar-refractivity contribution in [3.63, 3.8) is 0 Å². The van der Waals surface area contributed by atoms with Crippen LogP contribution in [0, 0.1) is 0 Å². The number of pyridine rings is 1. The van der Waals surface area contributed by atoms with Gasteiger partial charge in [0.1, 0.15) is 5.69 Å². The molecule has 2 heterocycles. The summed E-state index contributed by atoms with van der Waals surface area (Å²) in [6, 6.07) is 7.70. The second-order valence-electron chi connectivity index (χ2n) is 4.01. The van der Waals surface area contributed by atoms with E-state index in [1.807, 2.05) is 29.5 Å². The van der Waals surface area contributed by atoms with Crippen LogP contribution in [0.2, 0.25) is 0 Å². The third kappa shape index (κ3) is 2.51. The molecule has 2 aromatic heterocycles. The number of aromatic nitrogens is 1. The van der Waals surface area contributed by atoms with Gasteiger partial charge in [-0.25, -0.2) is 9.78 Å². The first kappa shape index (κ1) is 12.6. The molecule has 1 unspecified atom stereocenters. The molecule has 0 spiro atoms. The lowest BCUT2D eigenvalue weighted by Crippen LogP contribution is -2.21. The molecule has 0 saturated heterocycles. The Bertz CT molecular complexity index is 540. The van der Waals surface area contributed by atoms with E-state index in [0.29, 0.717) is 0 Å². The number of carbonyl (C=O) groups is 1. The third-order valence-electron chi connectivity index (χ3n) is 2.91. The highest BCUT2D eigenvalue weighted by Gasteiger charge is 2.15. The maximum Gasteiger partial charge on any atom is 0.354 e. The minimum absolute atomic E-state index is 0.0673. The van der Waals surface area contributed by atoms with Gasteiger partial charge < -0.3 is 10.0 Å². The number of nitrogens with zero attached hydrogens (tertiary/aromatic N) is 2. The first-order valence-electron chi connectivity index (χ1n) is 5.55. The van der Waals surface area contributed by atoms with Crippen molar-refractivity contribution in [1.29, 1.82) is 0 Å². The highest BCUT2D eigenvalue weighted by atomic mass is 32.1. The molecule has 0 aliphatic rings. The van der Waals surface area contributed by atoms with E-state index in [-0.39, 0.29) is 11.7 Å². The van der Waals surface area contributed by atoms with Gasteiger partial charge in [-0.2, -0.15) is 0 Å². The molecule has 18 heavy (non-hydrogen) atoms. The number of hydrogen-bond donors (Lipinski definition) is 1. The number of hydrogen-bond acceptors (Lipinski definition) is 4. The molecule has 2 aromatic rings. The zero-order valence-corrected chi connectivity index (χ0v) is 11.0. The molecule has 0 bridgehead atoms. The second kappa shape index (κ2) is 5.18. The molecule has 0 radical (unpaired) electrons. The van der Waals surface area contributed by atoms with Crippen LogP contribution in [0.1, 0.15) is 28.3 Å². The van der Waals surface area contributed by atoms with E-state index in [1.54, 1.807) is 17.4 Å². The lowest BCUT2D eigenvalue weighted by molar-refractivity contribution is 0.0690. The molecule has 0 amide bonds. The third-order valence-corrected chi connectivity index (χ3v) is 3.95. The second-order valence-corrected chi connectivity index (χ2v) is 4.99. The Labute approximate surface area is 110 Å². The lowest BCUT2D eigenvalue weighted by atomic mass is 10.2. The molecule has 5 heteroatoms. The van der Waals surface area contributed by atoms with Gasteiger partial charge in [0.05, 0.1) is 6.04 Å². The summed E-state index contributed by atoms with van der Waals surface area (Å²) in [5, 5.41) is 11.0. The van der Waals surface area contributed by atoms with Crippen LogP contribution in [0.3, 0.4) is 0 Å². The highest BCUT2D eigenvalue weighted by Crippen LogP contribution is 2.28. The zero-order chi connectivity index (χ0) is 13.1. The molecular weight excluding hydrogens is 248 g/mol. The summed E-state index contributed by atoms with van der Waals surface area (Å²) < 4.78 is 0. The summed E-state index contributed by atoms with van der Waals surface area (Å²) in [6.45, 7) is 2.09. The van der Waals surface area contributed by atoms with Crippen molar-refractivity contribution in [2.75, 3.05) is 11.9 Å². The average molecular weight is 262 g/mol. The number of rotatable bonds is 4. The van der Waals surface area contributed by atoms with Crippen molar-refractivity contribution in [3.8, 4) is 0 Å². The Morgan fingerprint density at radius 3 is 2.89 bits per heavy atom. The fraction of sp³-hybridized carbons (Fsp3) is 0.231. The molecule has 0 saturated carbocycles. The molecule has 0 aliphatic carbocycles. The summed E-state index contributed by atoms with van der Waals surface area (Å²) >= 11 is 1.69. The minimum Gasteiger partial charge on any atom is -0.477 e. The van der Waals surface area contributed by atoms with Crippen molar-refractivity contribution in [2.45, 2.75) is 13.0 Å². The SMILES string of the molecule is CC(c1cccs1)N(C)c1ccnc(C(=O)O)c1. The van der Waals surface area contributed by atoms with Gasteiger partial charge in [-0.05, 0) is 30.5 Å². The first-order valence-corrected chi connectivity index (χ1v) is 6.43. The Morgan fingerprint density at radius 2 is 2.28 bits per heavy atom. The summed E-state index contributed by atoms with van der Waals surface area (Å²) in [7, 11) is 1.95. The summed E-state index contributed by atoms with van der Waals surface area (Å²) in [6.07, 6.45) is 1.52. The fourth-order valence-corrected chi connectivity index (χ4v) is 2.53. The summed E-state index contributed by atoms with van der Waals surface area (Å²) in [5.74, 6) is -1.01. The largest absolute Gasteiger partial charge is 0.477 e. The van der Waals surface area contributed by atoms with E-state index in [0.717, 1.165) is 5.69 Å². The Balaban J connectivity index is 2.25. The van der Waals surface area contributed by atoms with E-state index in [2.05, 4.69) is 18.0 Å². The van der Waals surface area contributed by atoms with Crippen molar-refractivity contribution in [3.05, 3.63) is 46.4 Å². The van der Waals surface area contributed by atoms with Gasteiger partial charge in [0, 0.05) is 23.8 Å². The summed E-state index contributed by atoms with van der Waals surface area (Å²) in [5.41, 5.74) is 0.918. The number of thiophene rings is 1. The van der Waals surface area contributed by atoms with Gasteiger partial charge in [-0.1, -0.05) is 6.07 Å². The van der Waals surface area contributed by atoms with Crippen LogP contribution < -0.4 is 4.90 Å². The number of aromatic carboxylic acids is 1. The quantitative estimate of drug-likeness (QED) is 0.920. The van der Waals surface area contributed by atoms with Crippen LogP contribution in [0.4, 0.5) is 5.69 Å². The van der Waals surface area contributed by atoms with E-state index in [9.17, 15) is 4.79 Å². The van der Waals surface area contributed by atoms with E-state index in [4.69, 9.17) is 5.11 Å². The van der Waals surface area contributed by atoms with Crippen molar-refractivity contribution in [2.24, 2.45) is 0 Å². The molecule has 0 aromatic carbocycles. The minimum atomic E-state index is -1.01. The highest BCUT2D eigenvalue weighted by molar-refractivity contribution is 7.10. The molecule has 1 N–H and O–H groups in total. The van der Waals surface area contributed by atoms with Gasteiger partial charge in [-0.3, -0.25) is 0 Å². The van der Waals surface area contributed by atoms with Crippen LogP contribution in [0.5, 0.6) is 0 Å². The Morgan fingerprint density at radius 1 is 1.50 bits per heavy atom. The van der Waals surface area contributed by atoms with Gasteiger partial charge in [-0.15, -0.1) is 11.3 Å². The maximum absolute atomic E-state index is 10.9. The van der Waals surface area contributed by atoms with Crippen LogP contribution in [-0.4, -0.2) is 23.1 Å². The molecular formula is C13H14N2O2S. The first-order chi connectivity index (χ1) is 8.59. The number of carboxylic acids is 1. The maximum atomic E-state index is 10.9. The molecule has 94 valence electrons. The molecule has 0 fully saturated rings. The topological polar surface area (TPSA) is 53.4 Å². The number of carboxylic acid groups (broad SMARTS) is 1. The smallest absolute Gasteiger partial charge is 0.354 e. The Kier molecular flexibility index (Phi) is 3.62. The lowest BCUT2D eigenvalue weighted by Gasteiger charge is -2.26. The van der Waals surface area contributed by atoms with E-state index in [1.165, 1.54) is 11.1 Å². The predicted octanol–water partition coefficient (Wildman–Crippen LogP) is 3.04. The normalized spacial score (nSPS) is 12.1. The Hall–Kier alpha value is -1.88. The van der Waals surface area contributed by atoms with E-state index >= 15 is 0 Å². The van der Waals surface area contributed by atoms with Crippen LogP contribution >= 0.6 is 11.3 Å². The van der Waals surface area contributed by atoms with E-state index < -0.39 is 5.97 Å². The predicted molar refractivity (Wildman–Crippen MR) is 72.3 cm³/mol. The zero-order valence-electron chi connectivity index (χ0n) is 10.2. The van der Waals surface area contributed by atoms with Crippen molar-refractivity contribution < 1.29 is 9.90 Å². The fourth-order valence-electron chi connectivity index (χ4n) is 1.70. The van der Waals surface area contributed by atoms with Gasteiger partial charge in [0.15, 0.2) is 0 Å².